The fourth-order valence-electron chi connectivity index (χ4n) is 2.49. The van der Waals surface area contributed by atoms with E-state index in [1.807, 2.05) is 42.5 Å². The Morgan fingerprint density at radius 1 is 0.828 bits per heavy atom. The molecule has 29 heavy (non-hydrogen) atoms. The molecule has 6 nitrogen and oxygen atoms in total. The molecule has 0 bridgehead atoms. The van der Waals surface area contributed by atoms with Gasteiger partial charge in [0, 0.05) is 27.2 Å². The van der Waals surface area contributed by atoms with Gasteiger partial charge in [0.05, 0.1) is 13.2 Å². The van der Waals surface area contributed by atoms with Crippen LogP contribution in [0.4, 0.5) is 0 Å². The highest BCUT2D eigenvalue weighted by Gasteiger charge is 1.99. The molecule has 0 saturated heterocycles. The third kappa shape index (κ3) is 10.9. The van der Waals surface area contributed by atoms with Gasteiger partial charge in [-0.3, -0.25) is 4.99 Å². The van der Waals surface area contributed by atoms with E-state index < -0.39 is 0 Å². The smallest absolute Gasteiger partial charge is 0.191 e. The number of rotatable bonds is 12. The summed E-state index contributed by atoms with van der Waals surface area (Å²) < 4.78 is 16.6. The highest BCUT2D eigenvalue weighted by molar-refractivity contribution is 14.0. The largest absolute Gasteiger partial charge is 0.494 e. The number of unbranched alkanes of at least 4 members (excludes halogenated alkanes) is 1. The van der Waals surface area contributed by atoms with Crippen molar-refractivity contribution in [3.63, 3.8) is 0 Å². The van der Waals surface area contributed by atoms with Gasteiger partial charge in [-0.2, -0.15) is 0 Å². The molecule has 160 valence electrons. The minimum Gasteiger partial charge on any atom is -0.494 e. The summed E-state index contributed by atoms with van der Waals surface area (Å²) in [5, 5.41) is 6.46. The Kier molecular flexibility index (Phi) is 13.7. The van der Waals surface area contributed by atoms with Crippen LogP contribution in [0.3, 0.4) is 0 Å². The van der Waals surface area contributed by atoms with Crippen molar-refractivity contribution in [2.75, 3.05) is 40.5 Å². The highest BCUT2D eigenvalue weighted by atomic mass is 127. The summed E-state index contributed by atoms with van der Waals surface area (Å²) in [5.41, 5.74) is 1.15. The summed E-state index contributed by atoms with van der Waals surface area (Å²) >= 11 is 0. The van der Waals surface area contributed by atoms with Gasteiger partial charge < -0.3 is 24.8 Å². The van der Waals surface area contributed by atoms with E-state index in [-0.39, 0.29) is 24.0 Å². The summed E-state index contributed by atoms with van der Waals surface area (Å²) in [6.45, 7) is 3.50. The predicted molar refractivity (Wildman–Crippen MR) is 129 cm³/mol. The number of aliphatic imine (C=N–C) groups is 1. The Morgan fingerprint density at radius 2 is 1.48 bits per heavy atom. The molecule has 2 N–H and O–H groups in total. The predicted octanol–water partition coefficient (Wildman–Crippen LogP) is 3.85. The van der Waals surface area contributed by atoms with E-state index in [4.69, 9.17) is 14.2 Å². The van der Waals surface area contributed by atoms with Gasteiger partial charge in [-0.05, 0) is 42.7 Å². The van der Waals surface area contributed by atoms with Crippen LogP contribution in [0.1, 0.15) is 18.4 Å². The van der Waals surface area contributed by atoms with E-state index >= 15 is 0 Å². The number of methoxy groups -OCH3 is 1. The fourth-order valence-corrected chi connectivity index (χ4v) is 2.49. The zero-order chi connectivity index (χ0) is 19.9. The average molecular weight is 513 g/mol. The molecule has 0 unspecified atom stereocenters. The van der Waals surface area contributed by atoms with Crippen molar-refractivity contribution in [2.45, 2.75) is 19.4 Å². The van der Waals surface area contributed by atoms with E-state index in [1.165, 1.54) is 0 Å². The van der Waals surface area contributed by atoms with Crippen LogP contribution in [0.2, 0.25) is 0 Å². The number of nitrogens with one attached hydrogen (secondary N) is 2. The molecular weight excluding hydrogens is 481 g/mol. The van der Waals surface area contributed by atoms with E-state index in [1.54, 1.807) is 14.2 Å². The topological polar surface area (TPSA) is 64.1 Å². The Balaban J connectivity index is 0.00000420. The lowest BCUT2D eigenvalue weighted by molar-refractivity contribution is 0.203. The van der Waals surface area contributed by atoms with Crippen molar-refractivity contribution in [1.29, 1.82) is 0 Å². The van der Waals surface area contributed by atoms with Crippen LogP contribution in [0.25, 0.3) is 0 Å². The van der Waals surface area contributed by atoms with Crippen LogP contribution in [0.5, 0.6) is 11.5 Å². The van der Waals surface area contributed by atoms with Crippen molar-refractivity contribution < 1.29 is 14.2 Å². The van der Waals surface area contributed by atoms with Crippen LogP contribution in [0, 0.1) is 0 Å². The first-order valence-corrected chi connectivity index (χ1v) is 9.65. The maximum atomic E-state index is 5.79. The number of guanidine groups is 1. The van der Waals surface area contributed by atoms with Gasteiger partial charge >= 0.3 is 0 Å². The van der Waals surface area contributed by atoms with Crippen molar-refractivity contribution in [2.24, 2.45) is 4.99 Å². The second kappa shape index (κ2) is 15.9. The molecule has 2 rings (SSSR count). The first-order valence-electron chi connectivity index (χ1n) is 9.65. The first-order chi connectivity index (χ1) is 13.8. The molecule has 0 aliphatic heterocycles. The third-order valence-electron chi connectivity index (χ3n) is 4.03. The minimum absolute atomic E-state index is 0. The maximum Gasteiger partial charge on any atom is 0.191 e. The molecule has 0 atom stereocenters. The van der Waals surface area contributed by atoms with Crippen molar-refractivity contribution in [3.8, 4) is 11.5 Å². The van der Waals surface area contributed by atoms with Gasteiger partial charge in [-0.1, -0.05) is 30.3 Å². The average Bonchev–Trinajstić information content (AvgIpc) is 2.75. The van der Waals surface area contributed by atoms with Gasteiger partial charge in [0.2, 0.25) is 0 Å². The second-order valence-electron chi connectivity index (χ2n) is 6.22. The van der Waals surface area contributed by atoms with Crippen LogP contribution in [-0.2, 0) is 11.3 Å². The quantitative estimate of drug-likeness (QED) is 0.195. The van der Waals surface area contributed by atoms with E-state index in [0.717, 1.165) is 49.0 Å². The molecule has 0 aliphatic carbocycles. The van der Waals surface area contributed by atoms with Gasteiger partial charge in [-0.15, -0.1) is 24.0 Å². The summed E-state index contributed by atoms with van der Waals surface area (Å²) in [6.07, 6.45) is 1.97. The number of hydrogen-bond donors (Lipinski definition) is 2. The van der Waals surface area contributed by atoms with Gasteiger partial charge in [-0.25, -0.2) is 0 Å². The van der Waals surface area contributed by atoms with E-state index in [2.05, 4.69) is 27.8 Å². The van der Waals surface area contributed by atoms with Gasteiger partial charge in [0.25, 0.3) is 0 Å². The van der Waals surface area contributed by atoms with Crippen molar-refractivity contribution >= 4 is 29.9 Å². The minimum atomic E-state index is 0. The summed E-state index contributed by atoms with van der Waals surface area (Å²) in [6, 6.07) is 17.9. The molecule has 0 aliphatic rings. The molecule has 7 heteroatoms. The van der Waals surface area contributed by atoms with Gasteiger partial charge in [0.15, 0.2) is 5.96 Å². The number of hydrogen-bond acceptors (Lipinski definition) is 4. The SMILES string of the molecule is CN=C(NCCCCOc1ccc(OCc2ccccc2)cc1)NCCOC.I. The maximum absolute atomic E-state index is 5.79. The van der Waals surface area contributed by atoms with Crippen LogP contribution in [-0.4, -0.2) is 46.4 Å². The zero-order valence-electron chi connectivity index (χ0n) is 17.2. The molecule has 0 heterocycles. The van der Waals surface area contributed by atoms with E-state index in [0.29, 0.717) is 19.8 Å². The van der Waals surface area contributed by atoms with Crippen molar-refractivity contribution in [1.82, 2.24) is 10.6 Å². The molecule has 0 fully saturated rings. The Bertz CT molecular complexity index is 681. The molecule has 0 saturated carbocycles. The lowest BCUT2D eigenvalue weighted by Gasteiger charge is -2.12. The third-order valence-corrected chi connectivity index (χ3v) is 4.03. The normalized spacial score (nSPS) is 10.8. The summed E-state index contributed by atoms with van der Waals surface area (Å²) in [5.74, 6) is 2.49. The Hall–Kier alpha value is -2.00. The Morgan fingerprint density at radius 3 is 2.14 bits per heavy atom. The summed E-state index contributed by atoms with van der Waals surface area (Å²) in [4.78, 5) is 4.16. The van der Waals surface area contributed by atoms with Crippen molar-refractivity contribution in [3.05, 3.63) is 60.2 Å². The molecule has 2 aromatic rings. The molecular formula is C22H32IN3O3. The van der Waals surface area contributed by atoms with Crippen LogP contribution in [0.15, 0.2) is 59.6 Å². The summed E-state index contributed by atoms with van der Waals surface area (Å²) in [7, 11) is 3.45. The first kappa shape index (κ1) is 25.0. The van der Waals surface area contributed by atoms with E-state index in [9.17, 15) is 0 Å². The number of ether oxygens (including phenoxy) is 3. The number of halogens is 1. The lowest BCUT2D eigenvalue weighted by Crippen LogP contribution is -2.39. The monoisotopic (exact) mass is 513 g/mol. The highest BCUT2D eigenvalue weighted by Crippen LogP contribution is 2.19. The van der Waals surface area contributed by atoms with Crippen LogP contribution < -0.4 is 20.1 Å². The second-order valence-corrected chi connectivity index (χ2v) is 6.22. The molecule has 0 amide bonds. The number of benzene rings is 2. The fraction of sp³-hybridized carbons (Fsp3) is 0.409. The van der Waals surface area contributed by atoms with Crippen LogP contribution >= 0.6 is 24.0 Å². The molecule has 0 aromatic heterocycles. The zero-order valence-corrected chi connectivity index (χ0v) is 19.6. The lowest BCUT2D eigenvalue weighted by atomic mass is 10.2. The molecule has 0 spiro atoms. The van der Waals surface area contributed by atoms with Gasteiger partial charge in [0.1, 0.15) is 18.1 Å². The number of nitrogens with zero attached hydrogens (tertiary/aromatic N) is 1. The standard InChI is InChI=1S/C22H31N3O3.HI/c1-23-22(25-15-17-26-2)24-14-6-7-16-27-20-10-12-21(13-11-20)28-18-19-8-4-3-5-9-19;/h3-5,8-13H,6-7,14-18H2,1-2H3,(H2,23,24,25);1H. The Labute approximate surface area is 191 Å². The molecule has 0 radical (unpaired) electrons. The molecule has 2 aromatic carbocycles.